The minimum Gasteiger partial charge on any atom is -0.266 e. The third-order valence-electron chi connectivity index (χ3n) is 3.09. The van der Waals surface area contributed by atoms with E-state index in [2.05, 4.69) is 42.7 Å². The normalized spacial score (nSPS) is 14.0. The lowest BCUT2D eigenvalue weighted by Gasteiger charge is -2.29. The Bertz CT molecular complexity index is 294. The molecule has 0 N–H and O–H groups in total. The summed E-state index contributed by atoms with van der Waals surface area (Å²) in [6.07, 6.45) is 4.32. The highest BCUT2D eigenvalue weighted by Crippen LogP contribution is 2.29. The number of carbonyl (C=O) groups excluding carboxylic acids is 1. The summed E-state index contributed by atoms with van der Waals surface area (Å²) >= 11 is 0. The van der Waals surface area contributed by atoms with E-state index in [0.717, 1.165) is 32.1 Å². The summed E-state index contributed by atoms with van der Waals surface area (Å²) in [4.78, 5) is 21.5. The van der Waals surface area contributed by atoms with Crippen molar-refractivity contribution in [3.8, 4) is 0 Å². The van der Waals surface area contributed by atoms with Gasteiger partial charge in [-0.2, -0.15) is 4.89 Å². The summed E-state index contributed by atoms with van der Waals surface area (Å²) in [7, 11) is 0. The number of rotatable bonds is 10. The van der Waals surface area contributed by atoms with Gasteiger partial charge in [0.05, 0.1) is 5.92 Å². The van der Waals surface area contributed by atoms with Crippen LogP contribution in [0.2, 0.25) is 0 Å². The Balaban J connectivity index is 4.00. The fourth-order valence-corrected chi connectivity index (χ4v) is 2.47. The second-order valence-electron chi connectivity index (χ2n) is 7.37. The molecule has 126 valence electrons. The Morgan fingerprint density at radius 2 is 1.67 bits per heavy atom. The molecule has 0 aliphatic heterocycles. The van der Waals surface area contributed by atoms with Crippen molar-refractivity contribution in [3.63, 3.8) is 0 Å². The van der Waals surface area contributed by atoms with Gasteiger partial charge in [-0.15, -0.1) is 0 Å². The summed E-state index contributed by atoms with van der Waals surface area (Å²) in [6.45, 7) is 14.1. The topological polar surface area (TPSA) is 54.0 Å². The van der Waals surface area contributed by atoms with Crippen molar-refractivity contribution < 1.29 is 24.6 Å². The van der Waals surface area contributed by atoms with Crippen LogP contribution in [0, 0.1) is 11.3 Å². The molecular formula is C16H32O5. The van der Waals surface area contributed by atoms with Crippen molar-refractivity contribution in [1.29, 1.82) is 0 Å². The van der Waals surface area contributed by atoms with Gasteiger partial charge in [-0.1, -0.05) is 47.5 Å². The van der Waals surface area contributed by atoms with E-state index >= 15 is 0 Å². The van der Waals surface area contributed by atoms with Gasteiger partial charge in [0.1, 0.15) is 5.60 Å². The molecule has 0 bridgehead atoms. The van der Waals surface area contributed by atoms with E-state index in [1.165, 1.54) is 0 Å². The van der Waals surface area contributed by atoms with Crippen molar-refractivity contribution in [2.45, 2.75) is 86.2 Å². The Labute approximate surface area is 129 Å². The zero-order valence-corrected chi connectivity index (χ0v) is 14.7. The molecule has 0 heterocycles. The van der Waals surface area contributed by atoms with Crippen molar-refractivity contribution in [3.05, 3.63) is 0 Å². The third-order valence-corrected chi connectivity index (χ3v) is 3.09. The van der Waals surface area contributed by atoms with Gasteiger partial charge in [0.25, 0.3) is 0 Å². The van der Waals surface area contributed by atoms with Gasteiger partial charge >= 0.3 is 5.97 Å². The zero-order valence-electron chi connectivity index (χ0n) is 14.7. The molecule has 5 nitrogen and oxygen atoms in total. The van der Waals surface area contributed by atoms with Crippen LogP contribution >= 0.6 is 0 Å². The molecule has 5 heteroatoms. The van der Waals surface area contributed by atoms with Gasteiger partial charge < -0.3 is 0 Å². The van der Waals surface area contributed by atoms with Crippen LogP contribution < -0.4 is 0 Å². The minimum absolute atomic E-state index is 0.0942. The fourth-order valence-electron chi connectivity index (χ4n) is 2.47. The van der Waals surface area contributed by atoms with Gasteiger partial charge in [0.2, 0.25) is 0 Å². The number of carbonyl (C=O) groups is 1. The van der Waals surface area contributed by atoms with Crippen LogP contribution in [-0.2, 0) is 24.6 Å². The van der Waals surface area contributed by atoms with Crippen molar-refractivity contribution in [1.82, 2.24) is 0 Å². The van der Waals surface area contributed by atoms with Gasteiger partial charge in [0, 0.05) is 5.04 Å². The van der Waals surface area contributed by atoms with Crippen LogP contribution in [0.25, 0.3) is 0 Å². The maximum absolute atomic E-state index is 11.8. The third kappa shape index (κ3) is 10.7. The van der Waals surface area contributed by atoms with E-state index in [0.29, 0.717) is 0 Å². The molecule has 0 aliphatic carbocycles. The smallest absolute Gasteiger partial charge is 0.266 e. The lowest BCUT2D eigenvalue weighted by molar-refractivity contribution is -0.635. The SMILES string of the molecule is CCCCC(CC)C(=O)OOOOC(C)(C)CC(C)(C)C. The molecular weight excluding hydrogens is 272 g/mol. The lowest BCUT2D eigenvalue weighted by Crippen LogP contribution is -2.30. The molecule has 0 aliphatic rings. The Morgan fingerprint density at radius 3 is 2.14 bits per heavy atom. The average Bonchev–Trinajstić information content (AvgIpc) is 2.32. The molecule has 0 saturated carbocycles. The first-order valence-corrected chi connectivity index (χ1v) is 7.84. The first-order chi connectivity index (χ1) is 9.61. The molecule has 0 amide bonds. The highest BCUT2D eigenvalue weighted by atomic mass is 17.7. The van der Waals surface area contributed by atoms with Crippen LogP contribution in [0.5, 0.6) is 0 Å². The molecule has 0 saturated heterocycles. The number of hydrogen-bond donors (Lipinski definition) is 0. The van der Waals surface area contributed by atoms with E-state index in [4.69, 9.17) is 4.89 Å². The highest BCUT2D eigenvalue weighted by Gasteiger charge is 2.28. The summed E-state index contributed by atoms with van der Waals surface area (Å²) < 4.78 is 0. The van der Waals surface area contributed by atoms with Gasteiger partial charge in [0.15, 0.2) is 0 Å². The molecule has 0 aromatic heterocycles. The first kappa shape index (κ1) is 20.3. The van der Waals surface area contributed by atoms with Crippen molar-refractivity contribution >= 4 is 5.97 Å². The Hall–Kier alpha value is -0.650. The van der Waals surface area contributed by atoms with E-state index < -0.39 is 11.6 Å². The second kappa shape index (κ2) is 9.38. The number of hydrogen-bond acceptors (Lipinski definition) is 5. The average molecular weight is 304 g/mol. The molecule has 21 heavy (non-hydrogen) atoms. The fraction of sp³-hybridized carbons (Fsp3) is 0.938. The largest absolute Gasteiger partial charge is 0.348 e. The quantitative estimate of drug-likeness (QED) is 0.331. The van der Waals surface area contributed by atoms with Crippen LogP contribution in [0.3, 0.4) is 0 Å². The van der Waals surface area contributed by atoms with Crippen LogP contribution in [0.4, 0.5) is 0 Å². The van der Waals surface area contributed by atoms with Gasteiger partial charge in [-0.05, 0) is 43.6 Å². The molecule has 1 unspecified atom stereocenters. The monoisotopic (exact) mass is 304 g/mol. The molecule has 1 atom stereocenters. The van der Waals surface area contributed by atoms with Crippen LogP contribution in [0.15, 0.2) is 0 Å². The summed E-state index contributed by atoms with van der Waals surface area (Å²) in [6, 6.07) is 0. The van der Waals surface area contributed by atoms with Crippen molar-refractivity contribution in [2.24, 2.45) is 11.3 Å². The summed E-state index contributed by atoms with van der Waals surface area (Å²) in [5, 5.41) is 9.01. The Morgan fingerprint density at radius 1 is 1.05 bits per heavy atom. The molecule has 0 aromatic carbocycles. The van der Waals surface area contributed by atoms with Gasteiger partial charge in [-0.3, -0.25) is 4.89 Å². The summed E-state index contributed by atoms with van der Waals surface area (Å²) in [5.41, 5.74) is -0.436. The summed E-state index contributed by atoms with van der Waals surface area (Å²) in [5.74, 6) is -0.570. The van der Waals surface area contributed by atoms with Crippen LogP contribution in [-0.4, -0.2) is 11.6 Å². The van der Waals surface area contributed by atoms with E-state index in [1.54, 1.807) is 0 Å². The second-order valence-corrected chi connectivity index (χ2v) is 7.37. The molecule has 0 radical (unpaired) electrons. The van der Waals surface area contributed by atoms with E-state index in [-0.39, 0.29) is 11.3 Å². The molecule has 0 spiro atoms. The molecule has 0 rings (SSSR count). The molecule has 0 fully saturated rings. The number of unbranched alkanes of at least 4 members (excludes halogenated alkanes) is 1. The maximum atomic E-state index is 11.8. The standard InChI is InChI=1S/C16H32O5/c1-8-10-11-13(9-2)14(17)18-20-21-19-16(6,7)12-15(3,4)5/h13H,8-12H2,1-7H3. The first-order valence-electron chi connectivity index (χ1n) is 7.84. The maximum Gasteiger partial charge on any atom is 0.348 e. The van der Waals surface area contributed by atoms with E-state index in [9.17, 15) is 4.79 Å². The minimum atomic E-state index is -0.531. The Kier molecular flexibility index (Phi) is 9.09. The predicted octanol–water partition coefficient (Wildman–Crippen LogP) is 4.76. The highest BCUT2D eigenvalue weighted by molar-refractivity contribution is 5.71. The lowest BCUT2D eigenvalue weighted by atomic mass is 9.84. The van der Waals surface area contributed by atoms with Crippen LogP contribution in [0.1, 0.15) is 80.6 Å². The predicted molar refractivity (Wildman–Crippen MR) is 80.8 cm³/mol. The van der Waals surface area contributed by atoms with E-state index in [1.807, 2.05) is 20.8 Å². The van der Waals surface area contributed by atoms with Crippen molar-refractivity contribution in [2.75, 3.05) is 0 Å². The molecule has 0 aromatic rings. The van der Waals surface area contributed by atoms with Gasteiger partial charge in [-0.25, -0.2) is 4.79 Å². The zero-order chi connectivity index (χ0) is 16.5.